The van der Waals surface area contributed by atoms with Crippen molar-refractivity contribution in [1.82, 2.24) is 4.90 Å². The molecular weight excluding hydrogens is 375 g/mol. The monoisotopic (exact) mass is 392 g/mol. The fourth-order valence-electron chi connectivity index (χ4n) is 3.53. The molecule has 26 heavy (non-hydrogen) atoms. The molecule has 4 rings (SSSR count). The summed E-state index contributed by atoms with van der Waals surface area (Å²) in [5.74, 6) is -0.201. The summed E-state index contributed by atoms with van der Waals surface area (Å²) in [4.78, 5) is 14.8. The van der Waals surface area contributed by atoms with Crippen molar-refractivity contribution in [3.63, 3.8) is 0 Å². The number of hydrogen-bond donors (Lipinski definition) is 2. The van der Waals surface area contributed by atoms with Crippen LogP contribution in [-0.2, 0) is 4.74 Å². The molecule has 0 bridgehead atoms. The van der Waals surface area contributed by atoms with Crippen LogP contribution in [0.4, 0.5) is 5.69 Å². The molecule has 2 unspecified atom stereocenters. The molecule has 0 saturated carbocycles. The van der Waals surface area contributed by atoms with E-state index in [0.717, 1.165) is 12.8 Å². The van der Waals surface area contributed by atoms with Gasteiger partial charge in [-0.15, -0.1) is 0 Å². The van der Waals surface area contributed by atoms with E-state index in [9.17, 15) is 9.90 Å². The van der Waals surface area contributed by atoms with Crippen LogP contribution in [-0.4, -0.2) is 35.2 Å². The van der Waals surface area contributed by atoms with Crippen LogP contribution in [0.25, 0.3) is 0 Å². The van der Waals surface area contributed by atoms with Crippen molar-refractivity contribution >= 4 is 34.8 Å². The highest BCUT2D eigenvalue weighted by molar-refractivity contribution is 6.35. The number of aromatic hydroxyl groups is 1. The van der Waals surface area contributed by atoms with Gasteiger partial charge in [0.2, 0.25) is 0 Å². The smallest absolute Gasteiger partial charge is 0.257 e. The third-order valence-corrected chi connectivity index (χ3v) is 5.31. The highest BCUT2D eigenvalue weighted by atomic mass is 35.5. The lowest BCUT2D eigenvalue weighted by atomic mass is 10.0. The first-order chi connectivity index (χ1) is 12.5. The minimum atomic E-state index is -0.585. The molecule has 0 aromatic heterocycles. The fourth-order valence-corrected chi connectivity index (χ4v) is 4.04. The van der Waals surface area contributed by atoms with Gasteiger partial charge < -0.3 is 20.1 Å². The highest BCUT2D eigenvalue weighted by Gasteiger charge is 2.36. The van der Waals surface area contributed by atoms with Crippen LogP contribution in [0, 0.1) is 0 Å². The molecule has 1 amide bonds. The Kier molecular flexibility index (Phi) is 4.69. The van der Waals surface area contributed by atoms with Gasteiger partial charge in [0, 0.05) is 29.4 Å². The van der Waals surface area contributed by atoms with E-state index in [0.29, 0.717) is 35.0 Å². The van der Waals surface area contributed by atoms with Crippen molar-refractivity contribution in [2.45, 2.75) is 25.1 Å². The largest absolute Gasteiger partial charge is 0.506 e. The van der Waals surface area contributed by atoms with Crippen molar-refractivity contribution in [2.75, 3.05) is 18.5 Å². The number of rotatable bonds is 3. The number of nitrogens with one attached hydrogen (secondary N) is 1. The molecule has 2 aliphatic heterocycles. The van der Waals surface area contributed by atoms with E-state index >= 15 is 0 Å². The minimum absolute atomic E-state index is 0.0229. The Labute approximate surface area is 161 Å². The third kappa shape index (κ3) is 3.11. The molecule has 7 heteroatoms. The van der Waals surface area contributed by atoms with Crippen LogP contribution in [0.1, 0.15) is 34.9 Å². The first-order valence-corrected chi connectivity index (χ1v) is 9.26. The molecular formula is C19H18Cl2N2O3. The van der Waals surface area contributed by atoms with E-state index in [4.69, 9.17) is 27.9 Å². The molecule has 2 atom stereocenters. The number of carbonyl (C=O) groups is 1. The predicted molar refractivity (Wildman–Crippen MR) is 101 cm³/mol. The van der Waals surface area contributed by atoms with Crippen molar-refractivity contribution in [3.8, 4) is 5.75 Å². The Morgan fingerprint density at radius 3 is 2.85 bits per heavy atom. The van der Waals surface area contributed by atoms with Crippen molar-refractivity contribution in [2.24, 2.45) is 0 Å². The van der Waals surface area contributed by atoms with Gasteiger partial charge in [-0.3, -0.25) is 4.79 Å². The summed E-state index contributed by atoms with van der Waals surface area (Å²) in [6.45, 7) is 1.13. The first kappa shape index (κ1) is 17.5. The number of halogens is 2. The number of carbonyl (C=O) groups excluding carboxylic acids is 1. The van der Waals surface area contributed by atoms with Crippen LogP contribution in [0.15, 0.2) is 36.4 Å². The normalized spacial score (nSPS) is 22.2. The van der Waals surface area contributed by atoms with Gasteiger partial charge in [0.1, 0.15) is 11.9 Å². The number of hydrogen-bond acceptors (Lipinski definition) is 4. The Morgan fingerprint density at radius 1 is 1.27 bits per heavy atom. The molecule has 2 heterocycles. The van der Waals surface area contributed by atoms with Gasteiger partial charge in [-0.2, -0.15) is 0 Å². The van der Waals surface area contributed by atoms with Crippen LogP contribution >= 0.6 is 23.2 Å². The summed E-state index contributed by atoms with van der Waals surface area (Å²) >= 11 is 12.2. The lowest BCUT2D eigenvalue weighted by Crippen LogP contribution is -2.46. The van der Waals surface area contributed by atoms with E-state index in [1.165, 1.54) is 6.07 Å². The molecule has 5 nitrogen and oxygen atoms in total. The number of para-hydroxylation sites is 1. The van der Waals surface area contributed by atoms with E-state index in [-0.39, 0.29) is 22.8 Å². The Morgan fingerprint density at radius 2 is 2.08 bits per heavy atom. The maximum atomic E-state index is 13.2. The van der Waals surface area contributed by atoms with E-state index < -0.39 is 6.17 Å². The maximum Gasteiger partial charge on any atom is 0.257 e. The average Bonchev–Trinajstić information content (AvgIpc) is 3.14. The number of fused-ring (bicyclic) bond motifs is 1. The number of amides is 1. The van der Waals surface area contributed by atoms with Crippen molar-refractivity contribution in [3.05, 3.63) is 57.6 Å². The zero-order valence-electron chi connectivity index (χ0n) is 13.9. The lowest BCUT2D eigenvalue weighted by molar-refractivity contribution is 0.0424. The Balaban J connectivity index is 1.78. The molecule has 0 radical (unpaired) electrons. The van der Waals surface area contributed by atoms with Gasteiger partial charge >= 0.3 is 0 Å². The van der Waals surface area contributed by atoms with Crippen LogP contribution < -0.4 is 5.32 Å². The van der Waals surface area contributed by atoms with Gasteiger partial charge in [0.25, 0.3) is 5.91 Å². The standard InChI is InChI=1S/C19H18Cl2N2O3/c20-11-8-14(17(24)15(21)9-11)18-22-16-6-2-1-5-13(16)19(25)23(18)10-12-4-3-7-26-12/h1-2,5-6,8-9,12,18,22,24H,3-4,7,10H2. The Hall–Kier alpha value is -1.95. The number of phenolic OH excluding ortho intramolecular Hbond substituents is 1. The number of phenols is 1. The molecule has 0 spiro atoms. The molecule has 1 saturated heterocycles. The quantitative estimate of drug-likeness (QED) is 0.809. The number of ether oxygens (including phenoxy) is 1. The summed E-state index contributed by atoms with van der Waals surface area (Å²) in [5, 5.41) is 14.4. The first-order valence-electron chi connectivity index (χ1n) is 8.50. The maximum absolute atomic E-state index is 13.2. The summed E-state index contributed by atoms with van der Waals surface area (Å²) < 4.78 is 5.72. The topological polar surface area (TPSA) is 61.8 Å². The number of anilines is 1. The molecule has 0 aliphatic carbocycles. The molecule has 2 aromatic carbocycles. The summed E-state index contributed by atoms with van der Waals surface area (Å²) in [6, 6.07) is 10.4. The van der Waals surface area contributed by atoms with E-state index in [1.54, 1.807) is 17.0 Å². The molecule has 2 N–H and O–H groups in total. The third-order valence-electron chi connectivity index (χ3n) is 4.80. The Bertz CT molecular complexity index is 853. The summed E-state index contributed by atoms with van der Waals surface area (Å²) in [7, 11) is 0. The molecule has 2 aliphatic rings. The van der Waals surface area contributed by atoms with Crippen LogP contribution in [0.5, 0.6) is 5.75 Å². The van der Waals surface area contributed by atoms with Crippen LogP contribution in [0.3, 0.4) is 0 Å². The minimum Gasteiger partial charge on any atom is -0.506 e. The van der Waals surface area contributed by atoms with Gasteiger partial charge in [0.15, 0.2) is 0 Å². The summed E-state index contributed by atoms with van der Waals surface area (Å²) in [5.41, 5.74) is 1.76. The molecule has 136 valence electrons. The predicted octanol–water partition coefficient (Wildman–Crippen LogP) is 4.44. The lowest BCUT2D eigenvalue weighted by Gasteiger charge is -2.39. The van der Waals surface area contributed by atoms with Crippen molar-refractivity contribution < 1.29 is 14.6 Å². The van der Waals surface area contributed by atoms with Crippen molar-refractivity contribution in [1.29, 1.82) is 0 Å². The van der Waals surface area contributed by atoms with E-state index in [2.05, 4.69) is 5.32 Å². The summed E-state index contributed by atoms with van der Waals surface area (Å²) in [6.07, 6.45) is 1.28. The van der Waals surface area contributed by atoms with Gasteiger partial charge in [-0.25, -0.2) is 0 Å². The second kappa shape index (κ2) is 6.99. The number of nitrogens with zero attached hydrogens (tertiary/aromatic N) is 1. The molecule has 1 fully saturated rings. The second-order valence-corrected chi connectivity index (χ2v) is 7.35. The van der Waals surface area contributed by atoms with Gasteiger partial charge in [-0.05, 0) is 37.1 Å². The zero-order chi connectivity index (χ0) is 18.3. The molecule has 2 aromatic rings. The van der Waals surface area contributed by atoms with Gasteiger partial charge in [0.05, 0.1) is 16.7 Å². The zero-order valence-corrected chi connectivity index (χ0v) is 15.4. The van der Waals surface area contributed by atoms with E-state index in [1.807, 2.05) is 18.2 Å². The highest BCUT2D eigenvalue weighted by Crippen LogP contribution is 2.41. The van der Waals surface area contributed by atoms with Crippen LogP contribution in [0.2, 0.25) is 10.0 Å². The average molecular weight is 393 g/mol. The fraction of sp³-hybridized carbons (Fsp3) is 0.316. The SMILES string of the molecule is O=C1c2ccccc2NC(c2cc(Cl)cc(Cl)c2O)N1CC1CCCO1. The number of benzene rings is 2. The second-order valence-electron chi connectivity index (χ2n) is 6.51. The van der Waals surface area contributed by atoms with Gasteiger partial charge in [-0.1, -0.05) is 35.3 Å².